The standard InChI is InChI=1S/C22H24N2O4/c1-15-11-17(25)12-16(2)24(15)14-21(27)23-9-7-22(8-10-23)13-19(26)18-5-3-4-6-20(18)28-22/h3-6,11-12H,7-10,13-14H2,1-2H3. The average Bonchev–Trinajstić information content (AvgIpc) is 2.65. The van der Waals surface area contributed by atoms with Crippen molar-refractivity contribution < 1.29 is 14.3 Å². The number of amides is 1. The van der Waals surface area contributed by atoms with Crippen LogP contribution in [0, 0.1) is 13.8 Å². The number of pyridine rings is 1. The van der Waals surface area contributed by atoms with E-state index in [1.54, 1.807) is 18.2 Å². The maximum Gasteiger partial charge on any atom is 0.242 e. The van der Waals surface area contributed by atoms with E-state index in [0.717, 1.165) is 11.4 Å². The van der Waals surface area contributed by atoms with E-state index in [4.69, 9.17) is 4.74 Å². The lowest BCUT2D eigenvalue weighted by Crippen LogP contribution is -2.52. The molecule has 6 heteroatoms. The molecule has 6 nitrogen and oxygen atoms in total. The summed E-state index contributed by atoms with van der Waals surface area (Å²) in [6, 6.07) is 10.5. The lowest BCUT2D eigenvalue weighted by molar-refractivity contribution is -0.135. The number of likely N-dealkylation sites (tertiary alicyclic amines) is 1. The number of hydrogen-bond acceptors (Lipinski definition) is 4. The molecule has 146 valence electrons. The summed E-state index contributed by atoms with van der Waals surface area (Å²) in [6.07, 6.45) is 1.64. The van der Waals surface area contributed by atoms with E-state index in [1.165, 1.54) is 0 Å². The molecular formula is C22H24N2O4. The summed E-state index contributed by atoms with van der Waals surface area (Å²) >= 11 is 0. The van der Waals surface area contributed by atoms with Gasteiger partial charge in [0.2, 0.25) is 5.91 Å². The summed E-state index contributed by atoms with van der Waals surface area (Å²) in [4.78, 5) is 38.8. The quantitative estimate of drug-likeness (QED) is 0.803. The number of Topliss-reactive ketones (excluding diaryl/α,β-unsaturated/α-hetero) is 1. The summed E-state index contributed by atoms with van der Waals surface area (Å²) in [7, 11) is 0. The van der Waals surface area contributed by atoms with Gasteiger partial charge in [0.15, 0.2) is 11.2 Å². The molecule has 1 fully saturated rings. The van der Waals surface area contributed by atoms with E-state index in [-0.39, 0.29) is 23.7 Å². The van der Waals surface area contributed by atoms with Gasteiger partial charge in [0.1, 0.15) is 17.9 Å². The summed E-state index contributed by atoms with van der Waals surface area (Å²) in [5.74, 6) is 0.784. The van der Waals surface area contributed by atoms with Crippen LogP contribution in [0.5, 0.6) is 5.75 Å². The van der Waals surface area contributed by atoms with E-state index in [2.05, 4.69) is 0 Å². The number of nitrogens with zero attached hydrogens (tertiary/aromatic N) is 2. The first-order valence-corrected chi connectivity index (χ1v) is 9.64. The van der Waals surface area contributed by atoms with Crippen molar-refractivity contribution in [2.45, 2.75) is 45.3 Å². The Morgan fingerprint density at radius 3 is 2.39 bits per heavy atom. The molecule has 0 N–H and O–H groups in total. The monoisotopic (exact) mass is 380 g/mol. The molecule has 4 rings (SSSR count). The number of aromatic nitrogens is 1. The number of fused-ring (bicyclic) bond motifs is 1. The van der Waals surface area contributed by atoms with Gasteiger partial charge < -0.3 is 14.2 Å². The van der Waals surface area contributed by atoms with Gasteiger partial charge in [-0.3, -0.25) is 14.4 Å². The zero-order chi connectivity index (χ0) is 19.9. The second kappa shape index (κ2) is 6.93. The smallest absolute Gasteiger partial charge is 0.242 e. The topological polar surface area (TPSA) is 68.6 Å². The van der Waals surface area contributed by atoms with Gasteiger partial charge in [-0.05, 0) is 26.0 Å². The molecule has 1 spiro atoms. The van der Waals surface area contributed by atoms with Crippen molar-refractivity contribution in [3.05, 3.63) is 63.6 Å². The third-order valence-corrected chi connectivity index (χ3v) is 5.87. The average molecular weight is 380 g/mol. The van der Waals surface area contributed by atoms with Crippen LogP contribution >= 0.6 is 0 Å². The Bertz CT molecular complexity index is 974. The van der Waals surface area contributed by atoms with Gasteiger partial charge >= 0.3 is 0 Å². The Labute approximate surface area is 163 Å². The van der Waals surface area contributed by atoms with Crippen LogP contribution in [0.25, 0.3) is 0 Å². The highest BCUT2D eigenvalue weighted by molar-refractivity contribution is 6.00. The lowest BCUT2D eigenvalue weighted by atomic mass is 9.82. The number of carbonyl (C=O) groups is 2. The minimum absolute atomic E-state index is 0.0206. The normalized spacial score (nSPS) is 17.9. The molecular weight excluding hydrogens is 356 g/mol. The van der Waals surface area contributed by atoms with Crippen molar-refractivity contribution in [2.24, 2.45) is 0 Å². The van der Waals surface area contributed by atoms with E-state index in [0.29, 0.717) is 43.7 Å². The van der Waals surface area contributed by atoms with Gasteiger partial charge in [-0.2, -0.15) is 0 Å². The molecule has 0 bridgehead atoms. The summed E-state index contributed by atoms with van der Waals surface area (Å²) in [5.41, 5.74) is 1.66. The number of piperidine rings is 1. The number of benzene rings is 1. The lowest BCUT2D eigenvalue weighted by Gasteiger charge is -2.44. The van der Waals surface area contributed by atoms with Crippen LogP contribution in [0.4, 0.5) is 0 Å². The zero-order valence-corrected chi connectivity index (χ0v) is 16.2. The number of carbonyl (C=O) groups excluding carboxylic acids is 2. The Morgan fingerprint density at radius 2 is 1.71 bits per heavy atom. The fourth-order valence-electron chi connectivity index (χ4n) is 4.26. The van der Waals surface area contributed by atoms with E-state index < -0.39 is 5.60 Å². The Kier molecular flexibility index (Phi) is 4.57. The van der Waals surface area contributed by atoms with Gasteiger partial charge in [-0.1, -0.05) is 12.1 Å². The van der Waals surface area contributed by atoms with Gasteiger partial charge in [-0.25, -0.2) is 0 Å². The second-order valence-electron chi connectivity index (χ2n) is 7.82. The van der Waals surface area contributed by atoms with Crippen molar-refractivity contribution in [3.8, 4) is 5.75 Å². The van der Waals surface area contributed by atoms with Gasteiger partial charge in [0.25, 0.3) is 0 Å². The zero-order valence-electron chi connectivity index (χ0n) is 16.2. The molecule has 0 unspecified atom stereocenters. The highest BCUT2D eigenvalue weighted by Crippen LogP contribution is 2.39. The third kappa shape index (κ3) is 3.35. The fraction of sp³-hybridized carbons (Fsp3) is 0.409. The summed E-state index contributed by atoms with van der Waals surface area (Å²) in [5, 5.41) is 0. The molecule has 1 saturated heterocycles. The molecule has 1 amide bonds. The van der Waals surface area contributed by atoms with Gasteiger partial charge in [0.05, 0.1) is 12.0 Å². The Hall–Kier alpha value is -2.89. The molecule has 0 atom stereocenters. The number of ether oxygens (including phenoxy) is 1. The highest BCUT2D eigenvalue weighted by atomic mass is 16.5. The van der Waals surface area contributed by atoms with E-state index >= 15 is 0 Å². The molecule has 1 aromatic carbocycles. The van der Waals surface area contributed by atoms with E-state index in [9.17, 15) is 14.4 Å². The minimum atomic E-state index is -0.509. The molecule has 0 aliphatic carbocycles. The van der Waals surface area contributed by atoms with Crippen LogP contribution in [0.3, 0.4) is 0 Å². The van der Waals surface area contributed by atoms with Crippen molar-refractivity contribution in [1.29, 1.82) is 0 Å². The first-order chi connectivity index (χ1) is 13.4. The van der Waals surface area contributed by atoms with Crippen molar-refractivity contribution in [3.63, 3.8) is 0 Å². The molecule has 1 aromatic heterocycles. The predicted molar refractivity (Wildman–Crippen MR) is 105 cm³/mol. The van der Waals surface area contributed by atoms with Crippen molar-refractivity contribution >= 4 is 11.7 Å². The van der Waals surface area contributed by atoms with Crippen LogP contribution in [0.1, 0.15) is 41.0 Å². The van der Waals surface area contributed by atoms with Gasteiger partial charge in [0, 0.05) is 49.5 Å². The number of hydrogen-bond donors (Lipinski definition) is 0. The fourth-order valence-corrected chi connectivity index (χ4v) is 4.26. The second-order valence-corrected chi connectivity index (χ2v) is 7.82. The molecule has 2 aromatic rings. The maximum absolute atomic E-state index is 12.8. The minimum Gasteiger partial charge on any atom is -0.486 e. The first kappa shape index (κ1) is 18.5. The van der Waals surface area contributed by atoms with Crippen molar-refractivity contribution in [2.75, 3.05) is 13.1 Å². The van der Waals surface area contributed by atoms with Crippen LogP contribution in [-0.4, -0.2) is 39.8 Å². The van der Waals surface area contributed by atoms with Crippen LogP contribution < -0.4 is 10.2 Å². The van der Waals surface area contributed by atoms with Gasteiger partial charge in [-0.15, -0.1) is 0 Å². The molecule has 28 heavy (non-hydrogen) atoms. The summed E-state index contributed by atoms with van der Waals surface area (Å²) < 4.78 is 8.10. The molecule has 2 aliphatic rings. The Morgan fingerprint density at radius 1 is 1.07 bits per heavy atom. The SMILES string of the molecule is Cc1cc(=O)cc(C)n1CC(=O)N1CCC2(CC1)CC(=O)c1ccccc1O2. The number of ketones is 1. The largest absolute Gasteiger partial charge is 0.486 e. The number of aryl methyl sites for hydroxylation is 2. The first-order valence-electron chi connectivity index (χ1n) is 9.64. The summed E-state index contributed by atoms with van der Waals surface area (Å²) in [6.45, 7) is 5.02. The van der Waals surface area contributed by atoms with Crippen LogP contribution in [-0.2, 0) is 11.3 Å². The number of rotatable bonds is 2. The molecule has 0 radical (unpaired) electrons. The van der Waals surface area contributed by atoms with Crippen LogP contribution in [0.15, 0.2) is 41.2 Å². The molecule has 0 saturated carbocycles. The van der Waals surface area contributed by atoms with Crippen molar-refractivity contribution in [1.82, 2.24) is 9.47 Å². The maximum atomic E-state index is 12.8. The van der Waals surface area contributed by atoms with Crippen LogP contribution in [0.2, 0.25) is 0 Å². The highest BCUT2D eigenvalue weighted by Gasteiger charge is 2.43. The predicted octanol–water partition coefficient (Wildman–Crippen LogP) is 2.49. The van der Waals surface area contributed by atoms with E-state index in [1.807, 2.05) is 41.5 Å². The molecule has 3 heterocycles. The number of para-hydroxylation sites is 1. The Balaban J connectivity index is 1.44. The molecule has 2 aliphatic heterocycles. The third-order valence-electron chi connectivity index (χ3n) is 5.87.